The Hall–Kier alpha value is -1.06. The van der Waals surface area contributed by atoms with Crippen molar-refractivity contribution < 1.29 is 14.2 Å². The third kappa shape index (κ3) is 7.50. The summed E-state index contributed by atoms with van der Waals surface area (Å²) >= 11 is 0. The second-order valence-corrected chi connectivity index (χ2v) is 15.8. The molecule has 0 aromatic heterocycles. The Morgan fingerprint density at radius 3 is 2.31 bits per heavy atom. The van der Waals surface area contributed by atoms with Gasteiger partial charge < -0.3 is 36.3 Å². The van der Waals surface area contributed by atoms with E-state index in [1.165, 1.54) is 37.7 Å². The maximum Gasteiger partial charge on any atom is 0.0637 e. The predicted octanol–water partition coefficient (Wildman–Crippen LogP) is 5.45. The zero-order chi connectivity index (χ0) is 32.0. The summed E-state index contributed by atoms with van der Waals surface area (Å²) in [6, 6.07) is 10.8. The number of hydrogen-bond donors (Lipinski definition) is 3. The monoisotopic (exact) mass is 627 g/mol. The largest absolute Gasteiger partial charge is 0.377 e. The molecule has 0 amide bonds. The van der Waals surface area contributed by atoms with Crippen molar-refractivity contribution in [1.29, 1.82) is 0 Å². The van der Waals surface area contributed by atoms with Crippen molar-refractivity contribution >= 4 is 0 Å². The van der Waals surface area contributed by atoms with Crippen molar-refractivity contribution in [2.75, 3.05) is 53.0 Å². The molecule has 6 N–H and O–H groups in total. The van der Waals surface area contributed by atoms with Crippen molar-refractivity contribution in [2.24, 2.45) is 63.5 Å². The van der Waals surface area contributed by atoms with Crippen LogP contribution in [0.5, 0.6) is 0 Å². The molecule has 2 unspecified atom stereocenters. The average Bonchev–Trinajstić information content (AvgIpc) is 3.40. The van der Waals surface area contributed by atoms with E-state index in [0.29, 0.717) is 81.1 Å². The van der Waals surface area contributed by atoms with Crippen LogP contribution in [0.25, 0.3) is 0 Å². The summed E-state index contributed by atoms with van der Waals surface area (Å²) in [6.45, 7) is 13.6. The van der Waals surface area contributed by atoms with Gasteiger partial charge in [0, 0.05) is 31.6 Å². The van der Waals surface area contributed by atoms with Gasteiger partial charge in [0.1, 0.15) is 0 Å². The molecule has 0 saturated heterocycles. The number of nitrogens with two attached hydrogens (primary N) is 3. The molecule has 5 rings (SSSR count). The van der Waals surface area contributed by atoms with E-state index in [4.69, 9.17) is 31.4 Å². The first kappa shape index (κ1) is 35.3. The Labute approximate surface area is 274 Å². The van der Waals surface area contributed by atoms with Gasteiger partial charge >= 0.3 is 0 Å². The van der Waals surface area contributed by atoms with Crippen LogP contribution < -0.4 is 17.2 Å². The van der Waals surface area contributed by atoms with Crippen LogP contribution in [0.1, 0.15) is 84.1 Å². The van der Waals surface area contributed by atoms with Crippen molar-refractivity contribution in [3.05, 3.63) is 35.9 Å². The van der Waals surface area contributed by atoms with Crippen LogP contribution in [0.15, 0.2) is 30.3 Å². The van der Waals surface area contributed by atoms with Crippen LogP contribution in [0.2, 0.25) is 0 Å². The second-order valence-electron chi connectivity index (χ2n) is 15.8. The number of hydrogen-bond acceptors (Lipinski definition) is 7. The lowest BCUT2D eigenvalue weighted by Crippen LogP contribution is -2.63. The summed E-state index contributed by atoms with van der Waals surface area (Å²) in [5, 5.41) is 0. The van der Waals surface area contributed by atoms with Crippen molar-refractivity contribution in [2.45, 2.75) is 103 Å². The molecule has 256 valence electrons. The molecule has 7 heteroatoms. The van der Waals surface area contributed by atoms with Gasteiger partial charge in [-0.2, -0.15) is 0 Å². The van der Waals surface area contributed by atoms with E-state index in [0.717, 1.165) is 38.8 Å². The average molecular weight is 627 g/mol. The summed E-state index contributed by atoms with van der Waals surface area (Å²) in [4.78, 5) is 2.48. The van der Waals surface area contributed by atoms with Gasteiger partial charge in [-0.05, 0) is 118 Å². The number of fused-ring (bicyclic) bond motifs is 5. The highest BCUT2D eigenvalue weighted by molar-refractivity contribution is 5.16. The second kappa shape index (κ2) is 15.9. The van der Waals surface area contributed by atoms with E-state index in [1.807, 2.05) is 0 Å². The predicted molar refractivity (Wildman–Crippen MR) is 184 cm³/mol. The van der Waals surface area contributed by atoms with Gasteiger partial charge in [0.05, 0.1) is 38.1 Å². The first-order valence-electron chi connectivity index (χ1n) is 18.4. The molecule has 4 aliphatic carbocycles. The van der Waals surface area contributed by atoms with Crippen molar-refractivity contribution in [3.63, 3.8) is 0 Å². The first-order chi connectivity index (χ1) is 21.8. The van der Waals surface area contributed by atoms with E-state index >= 15 is 0 Å². The number of nitrogens with zero attached hydrogens (tertiary/aromatic N) is 1. The van der Waals surface area contributed by atoms with Crippen LogP contribution in [-0.4, -0.2) is 76.3 Å². The van der Waals surface area contributed by atoms with E-state index in [-0.39, 0.29) is 23.0 Å². The first-order valence-corrected chi connectivity index (χ1v) is 18.4. The van der Waals surface area contributed by atoms with Gasteiger partial charge in [-0.15, -0.1) is 0 Å². The summed E-state index contributed by atoms with van der Waals surface area (Å²) < 4.78 is 19.9. The maximum absolute atomic E-state index is 6.87. The van der Waals surface area contributed by atoms with Crippen LogP contribution in [0.4, 0.5) is 0 Å². The van der Waals surface area contributed by atoms with Crippen molar-refractivity contribution in [1.82, 2.24) is 4.90 Å². The SMILES string of the molecule is C[C@H](CCCN(C)Cc1ccccc1)[C@H]1CC[C@H]2C3[C@H](OCCN)CC4C[C@H](OCCN)CC[C@]4(C)[C@H]3C[C@H](OCCN)[C@]12C. The molecule has 0 spiro atoms. The molecule has 4 saturated carbocycles. The van der Waals surface area contributed by atoms with E-state index < -0.39 is 0 Å². The molecule has 4 aliphatic rings. The number of ether oxygens (including phenoxy) is 3. The standard InChI is InChI=1S/C38H66N4O3/c1-27(9-8-19-42(4)26-28-10-6-5-7-11-28)31-12-13-32-36-33(25-35(38(31,32)3)45-22-18-41)37(2)15-14-30(43-20-16-39)23-29(37)24-34(36)44-21-17-40/h5-7,10-11,27,29-36H,8-9,12-26,39-41H2,1-4H3/t27-,29?,30-,31-,32+,33+,34-,35+,36?,37+,38-/m1/s1. The quantitative estimate of drug-likeness (QED) is 0.224. The fraction of sp³-hybridized carbons (Fsp3) is 0.842. The molecular formula is C38H66N4O3. The molecule has 1 aromatic carbocycles. The zero-order valence-electron chi connectivity index (χ0n) is 29.0. The molecular weight excluding hydrogens is 560 g/mol. The Morgan fingerprint density at radius 1 is 0.867 bits per heavy atom. The van der Waals surface area contributed by atoms with Gasteiger partial charge in [-0.25, -0.2) is 0 Å². The van der Waals surface area contributed by atoms with Crippen LogP contribution in [-0.2, 0) is 20.8 Å². The topological polar surface area (TPSA) is 109 Å². The lowest BCUT2D eigenvalue weighted by atomic mass is 9.43. The van der Waals surface area contributed by atoms with Gasteiger partial charge in [0.2, 0.25) is 0 Å². The molecule has 0 radical (unpaired) electrons. The highest BCUT2D eigenvalue weighted by Gasteiger charge is 2.66. The van der Waals surface area contributed by atoms with Crippen molar-refractivity contribution in [3.8, 4) is 0 Å². The summed E-state index contributed by atoms with van der Waals surface area (Å²) in [7, 11) is 2.26. The van der Waals surface area contributed by atoms with Crippen LogP contribution >= 0.6 is 0 Å². The number of rotatable bonds is 16. The minimum absolute atomic E-state index is 0.140. The zero-order valence-corrected chi connectivity index (χ0v) is 29.0. The minimum atomic E-state index is 0.140. The summed E-state index contributed by atoms with van der Waals surface area (Å²) in [6.07, 6.45) is 11.7. The Morgan fingerprint density at radius 2 is 1.58 bits per heavy atom. The fourth-order valence-electron chi connectivity index (χ4n) is 11.2. The summed E-state index contributed by atoms with van der Waals surface area (Å²) in [5.41, 5.74) is 19.7. The molecule has 0 bridgehead atoms. The van der Waals surface area contributed by atoms with E-state index in [9.17, 15) is 0 Å². The number of benzene rings is 1. The Balaban J connectivity index is 1.33. The maximum atomic E-state index is 6.87. The normalized spacial score (nSPS) is 38.5. The van der Waals surface area contributed by atoms with Gasteiger partial charge in [0.25, 0.3) is 0 Å². The molecule has 4 fully saturated rings. The van der Waals surface area contributed by atoms with Gasteiger partial charge in [-0.1, -0.05) is 51.1 Å². The third-order valence-electron chi connectivity index (χ3n) is 13.3. The third-order valence-corrected chi connectivity index (χ3v) is 13.3. The molecule has 45 heavy (non-hydrogen) atoms. The Bertz CT molecular complexity index is 1030. The lowest BCUT2D eigenvalue weighted by molar-refractivity contribution is -0.226. The fourth-order valence-corrected chi connectivity index (χ4v) is 11.2. The molecule has 11 atom stereocenters. The summed E-state index contributed by atoms with van der Waals surface area (Å²) in [5.74, 6) is 3.69. The highest BCUT2D eigenvalue weighted by atomic mass is 16.5. The highest BCUT2D eigenvalue weighted by Crippen LogP contribution is 2.69. The lowest BCUT2D eigenvalue weighted by Gasteiger charge is -2.64. The Kier molecular flexibility index (Phi) is 12.4. The smallest absolute Gasteiger partial charge is 0.0637 e. The van der Waals surface area contributed by atoms with Crippen LogP contribution in [0, 0.1) is 46.3 Å². The molecule has 0 aliphatic heterocycles. The van der Waals surface area contributed by atoms with Crippen LogP contribution in [0.3, 0.4) is 0 Å². The van der Waals surface area contributed by atoms with E-state index in [1.54, 1.807) is 0 Å². The minimum Gasteiger partial charge on any atom is -0.377 e. The molecule has 0 heterocycles. The molecule has 1 aromatic rings. The molecule has 7 nitrogen and oxygen atoms in total. The van der Waals surface area contributed by atoms with Gasteiger partial charge in [0.15, 0.2) is 0 Å². The van der Waals surface area contributed by atoms with Gasteiger partial charge in [-0.3, -0.25) is 0 Å². The van der Waals surface area contributed by atoms with E-state index in [2.05, 4.69) is 63.1 Å².